The molecule has 0 saturated heterocycles. The number of carbonyl (C=O) groups excluding carboxylic acids is 1. The Morgan fingerprint density at radius 3 is 2.86 bits per heavy atom. The van der Waals surface area contributed by atoms with E-state index in [9.17, 15) is 9.59 Å². The van der Waals surface area contributed by atoms with Crippen molar-refractivity contribution in [2.45, 2.75) is 26.8 Å². The summed E-state index contributed by atoms with van der Waals surface area (Å²) in [5.41, 5.74) is -0.245. The zero-order valence-electron chi connectivity index (χ0n) is 8.37. The van der Waals surface area contributed by atoms with Gasteiger partial charge < -0.3 is 9.84 Å². The third-order valence-corrected chi connectivity index (χ3v) is 1.78. The number of nitrogens with one attached hydrogen (secondary N) is 1. The van der Waals surface area contributed by atoms with E-state index in [1.54, 1.807) is 6.92 Å². The van der Waals surface area contributed by atoms with Gasteiger partial charge in [-0.3, -0.25) is 9.48 Å². The van der Waals surface area contributed by atoms with Crippen molar-refractivity contribution in [2.75, 3.05) is 6.61 Å². The van der Waals surface area contributed by atoms with Crippen LogP contribution in [0.15, 0.2) is 11.0 Å². The van der Waals surface area contributed by atoms with Crippen LogP contribution in [0.1, 0.15) is 30.6 Å². The van der Waals surface area contributed by atoms with Gasteiger partial charge in [-0.15, -0.1) is 0 Å². The zero-order chi connectivity index (χ0) is 10.6. The number of hydrogen-bond acceptors (Lipinski definition) is 3. The number of aromatic nitrogens is 2. The van der Waals surface area contributed by atoms with Crippen LogP contribution >= 0.6 is 0 Å². The molecule has 0 aliphatic carbocycles. The molecule has 0 aliphatic rings. The maximum Gasteiger partial charge on any atom is 0.345 e. The molecule has 0 aliphatic heterocycles. The summed E-state index contributed by atoms with van der Waals surface area (Å²) in [5, 5.41) is 2.72. The van der Waals surface area contributed by atoms with Crippen LogP contribution in [0.2, 0.25) is 0 Å². The van der Waals surface area contributed by atoms with Gasteiger partial charge in [-0.25, -0.2) is 4.79 Å². The number of esters is 1. The molecule has 0 atom stereocenters. The van der Waals surface area contributed by atoms with Crippen LogP contribution in [0.5, 0.6) is 0 Å². The van der Waals surface area contributed by atoms with E-state index in [2.05, 4.69) is 5.10 Å². The minimum Gasteiger partial charge on any atom is -0.462 e. The third-order valence-electron chi connectivity index (χ3n) is 1.78. The smallest absolute Gasteiger partial charge is 0.345 e. The Hall–Kier alpha value is -1.52. The molecule has 0 aromatic carbocycles. The third kappa shape index (κ3) is 2.04. The molecule has 0 bridgehead atoms. The largest absolute Gasteiger partial charge is 0.462 e. The van der Waals surface area contributed by atoms with Crippen molar-refractivity contribution in [3.63, 3.8) is 0 Å². The van der Waals surface area contributed by atoms with Crippen molar-refractivity contribution < 1.29 is 9.53 Å². The van der Waals surface area contributed by atoms with E-state index in [0.717, 1.165) is 6.42 Å². The van der Waals surface area contributed by atoms with Crippen LogP contribution in [-0.2, 0) is 11.3 Å². The molecule has 0 spiro atoms. The highest BCUT2D eigenvalue weighted by Gasteiger charge is 2.14. The van der Waals surface area contributed by atoms with Gasteiger partial charge in [0.2, 0.25) is 0 Å². The molecule has 1 N–H and O–H groups in total. The summed E-state index contributed by atoms with van der Waals surface area (Å²) in [6.07, 6.45) is 2.22. The quantitative estimate of drug-likeness (QED) is 0.726. The Morgan fingerprint density at radius 2 is 2.29 bits per heavy atom. The van der Waals surface area contributed by atoms with Crippen LogP contribution in [-0.4, -0.2) is 22.4 Å². The molecule has 0 amide bonds. The number of rotatable bonds is 4. The second-order valence-electron chi connectivity index (χ2n) is 2.86. The van der Waals surface area contributed by atoms with E-state index >= 15 is 0 Å². The predicted octanol–water partition coefficient (Wildman–Crippen LogP) is 0.763. The van der Waals surface area contributed by atoms with Gasteiger partial charge in [0, 0.05) is 12.7 Å². The van der Waals surface area contributed by atoms with E-state index in [0.29, 0.717) is 6.54 Å². The highest BCUT2D eigenvalue weighted by Crippen LogP contribution is 1.94. The van der Waals surface area contributed by atoms with E-state index in [4.69, 9.17) is 4.74 Å². The fourth-order valence-electron chi connectivity index (χ4n) is 1.15. The van der Waals surface area contributed by atoms with Gasteiger partial charge in [-0.1, -0.05) is 6.92 Å². The minimum atomic E-state index is -0.566. The lowest BCUT2D eigenvalue weighted by Crippen LogP contribution is -2.22. The summed E-state index contributed by atoms with van der Waals surface area (Å²) in [4.78, 5) is 22.7. The first-order chi connectivity index (χ1) is 6.70. The molecule has 0 saturated carbocycles. The SMILES string of the molecule is CCCn1[nH]cc(C(=O)OCC)c1=O. The van der Waals surface area contributed by atoms with E-state index in [-0.39, 0.29) is 17.7 Å². The number of carbonyl (C=O) groups is 1. The summed E-state index contributed by atoms with van der Waals surface area (Å²) < 4.78 is 6.12. The van der Waals surface area contributed by atoms with Crippen molar-refractivity contribution in [3.8, 4) is 0 Å². The Balaban J connectivity index is 2.89. The molecular formula is C9H14N2O3. The summed E-state index contributed by atoms with van der Waals surface area (Å²) in [7, 11) is 0. The molecule has 1 aromatic heterocycles. The molecule has 1 heterocycles. The minimum absolute atomic E-state index is 0.0697. The topological polar surface area (TPSA) is 64.1 Å². The zero-order valence-corrected chi connectivity index (χ0v) is 8.37. The summed E-state index contributed by atoms with van der Waals surface area (Å²) in [6.45, 7) is 4.52. The van der Waals surface area contributed by atoms with Gasteiger partial charge in [0.05, 0.1) is 6.61 Å². The standard InChI is InChI=1S/C9H14N2O3/c1-3-5-11-8(12)7(6-10-11)9(13)14-4-2/h6,10H,3-5H2,1-2H3. The van der Waals surface area contributed by atoms with E-state index in [1.807, 2.05) is 6.92 Å². The normalized spacial score (nSPS) is 10.1. The number of hydrogen-bond donors (Lipinski definition) is 1. The molecule has 5 nitrogen and oxygen atoms in total. The fraction of sp³-hybridized carbons (Fsp3) is 0.556. The number of H-pyrrole nitrogens is 1. The van der Waals surface area contributed by atoms with Crippen LogP contribution in [0.4, 0.5) is 0 Å². The van der Waals surface area contributed by atoms with Crippen molar-refractivity contribution >= 4 is 5.97 Å². The summed E-state index contributed by atoms with van der Waals surface area (Å²) in [6, 6.07) is 0. The van der Waals surface area contributed by atoms with Gasteiger partial charge >= 0.3 is 5.97 Å². The molecule has 14 heavy (non-hydrogen) atoms. The lowest BCUT2D eigenvalue weighted by molar-refractivity contribution is 0.0524. The molecule has 0 unspecified atom stereocenters. The average Bonchev–Trinajstić information content (AvgIpc) is 2.49. The summed E-state index contributed by atoms with van der Waals surface area (Å²) in [5.74, 6) is -0.566. The lowest BCUT2D eigenvalue weighted by Gasteiger charge is -1.97. The monoisotopic (exact) mass is 198 g/mol. The predicted molar refractivity (Wildman–Crippen MR) is 51.3 cm³/mol. The fourth-order valence-corrected chi connectivity index (χ4v) is 1.15. The second-order valence-corrected chi connectivity index (χ2v) is 2.86. The molecule has 5 heteroatoms. The Morgan fingerprint density at radius 1 is 1.57 bits per heavy atom. The molecule has 0 fully saturated rings. The number of ether oxygens (including phenoxy) is 1. The van der Waals surface area contributed by atoms with Crippen LogP contribution in [0, 0.1) is 0 Å². The highest BCUT2D eigenvalue weighted by atomic mass is 16.5. The molecule has 1 rings (SSSR count). The van der Waals surface area contributed by atoms with Gasteiger partial charge in [-0.05, 0) is 13.3 Å². The first kappa shape index (κ1) is 10.6. The Kier molecular flexibility index (Phi) is 3.50. The van der Waals surface area contributed by atoms with Crippen LogP contribution < -0.4 is 5.56 Å². The lowest BCUT2D eigenvalue weighted by atomic mass is 10.3. The molecular weight excluding hydrogens is 184 g/mol. The summed E-state index contributed by atoms with van der Waals surface area (Å²) >= 11 is 0. The first-order valence-corrected chi connectivity index (χ1v) is 4.66. The van der Waals surface area contributed by atoms with Crippen molar-refractivity contribution in [2.24, 2.45) is 0 Å². The maximum absolute atomic E-state index is 11.5. The van der Waals surface area contributed by atoms with Gasteiger partial charge in [-0.2, -0.15) is 0 Å². The van der Waals surface area contributed by atoms with Crippen molar-refractivity contribution in [1.82, 2.24) is 9.78 Å². The van der Waals surface area contributed by atoms with Crippen molar-refractivity contribution in [3.05, 3.63) is 22.1 Å². The second kappa shape index (κ2) is 4.64. The van der Waals surface area contributed by atoms with E-state index < -0.39 is 5.97 Å². The van der Waals surface area contributed by atoms with Gasteiger partial charge in [0.25, 0.3) is 5.56 Å². The highest BCUT2D eigenvalue weighted by molar-refractivity contribution is 5.88. The van der Waals surface area contributed by atoms with Gasteiger partial charge in [0.15, 0.2) is 0 Å². The number of aryl methyl sites for hydroxylation is 1. The number of aromatic amines is 1. The van der Waals surface area contributed by atoms with Gasteiger partial charge in [0.1, 0.15) is 5.56 Å². The molecule has 1 aromatic rings. The maximum atomic E-state index is 11.5. The molecule has 0 radical (unpaired) electrons. The molecule has 78 valence electrons. The first-order valence-electron chi connectivity index (χ1n) is 4.66. The average molecular weight is 198 g/mol. The van der Waals surface area contributed by atoms with Crippen LogP contribution in [0.3, 0.4) is 0 Å². The number of nitrogens with zero attached hydrogens (tertiary/aromatic N) is 1. The van der Waals surface area contributed by atoms with E-state index in [1.165, 1.54) is 10.9 Å². The van der Waals surface area contributed by atoms with Crippen LogP contribution in [0.25, 0.3) is 0 Å². The Labute approximate surface area is 81.7 Å². The Bertz CT molecular complexity index is 364. The van der Waals surface area contributed by atoms with Crippen molar-refractivity contribution in [1.29, 1.82) is 0 Å².